The van der Waals surface area contributed by atoms with Gasteiger partial charge in [-0.25, -0.2) is 4.79 Å². The van der Waals surface area contributed by atoms with E-state index in [-0.39, 0.29) is 13.2 Å². The van der Waals surface area contributed by atoms with Gasteiger partial charge in [-0.3, -0.25) is 0 Å². The molecule has 3 N–H and O–H groups in total. The summed E-state index contributed by atoms with van der Waals surface area (Å²) < 4.78 is 38.2. The monoisotopic (exact) mass is 439 g/mol. The lowest BCUT2D eigenvalue weighted by molar-refractivity contribution is -0.325. The van der Waals surface area contributed by atoms with Crippen molar-refractivity contribution >= 4 is 6.09 Å². The molecule has 2 saturated heterocycles. The highest BCUT2D eigenvalue weighted by Gasteiger charge is 2.49. The molecule has 1 amide bonds. The molecular weight excluding hydrogens is 402 g/mol. The van der Waals surface area contributed by atoms with E-state index in [4.69, 9.17) is 33.2 Å². The number of nitrogens with one attached hydrogen (secondary N) is 1. The molecule has 9 unspecified atom stereocenters. The number of methoxy groups -OCH3 is 3. The van der Waals surface area contributed by atoms with Crippen LogP contribution in [0, 0.1) is 0 Å². The third-order valence-electron chi connectivity index (χ3n) is 4.94. The van der Waals surface area contributed by atoms with Crippen LogP contribution in [0.3, 0.4) is 0 Å². The number of aliphatic hydroxyl groups excluding tert-OH is 2. The van der Waals surface area contributed by atoms with Gasteiger partial charge in [-0.1, -0.05) is 13.8 Å². The molecule has 2 fully saturated rings. The summed E-state index contributed by atoms with van der Waals surface area (Å²) in [6, 6.07) is 0. The summed E-state index contributed by atoms with van der Waals surface area (Å²) in [4.78, 5) is 11.6. The minimum Gasteiger partial charge on any atom is -0.440 e. The van der Waals surface area contributed by atoms with E-state index < -0.39 is 61.2 Å². The van der Waals surface area contributed by atoms with Crippen molar-refractivity contribution in [1.82, 2.24) is 5.32 Å². The van der Waals surface area contributed by atoms with Gasteiger partial charge in [0.2, 0.25) is 0 Å². The molecule has 2 rings (SSSR count). The predicted octanol–water partition coefficient (Wildman–Crippen LogP) is -0.336. The minimum absolute atomic E-state index is 0.0217. The van der Waals surface area contributed by atoms with Gasteiger partial charge in [0.25, 0.3) is 0 Å². The zero-order valence-corrected chi connectivity index (χ0v) is 18.8. The van der Waals surface area contributed by atoms with Crippen LogP contribution in [-0.2, 0) is 33.2 Å². The van der Waals surface area contributed by atoms with Crippen LogP contribution in [0.5, 0.6) is 0 Å². The molecule has 2 aliphatic rings. The Morgan fingerprint density at radius 2 is 1.73 bits per heavy atom. The largest absolute Gasteiger partial charge is 0.440 e. The van der Waals surface area contributed by atoms with Crippen molar-refractivity contribution in [2.75, 3.05) is 41.6 Å². The van der Waals surface area contributed by atoms with E-state index in [1.165, 1.54) is 28.4 Å². The van der Waals surface area contributed by atoms with Crippen molar-refractivity contribution in [2.24, 2.45) is 0 Å². The van der Waals surface area contributed by atoms with Gasteiger partial charge < -0.3 is 48.7 Å². The Bertz CT molecular complexity index is 496. The van der Waals surface area contributed by atoms with Crippen LogP contribution in [0.2, 0.25) is 0 Å². The first-order valence-corrected chi connectivity index (χ1v) is 10.1. The van der Waals surface area contributed by atoms with Gasteiger partial charge in [0.1, 0.15) is 36.6 Å². The van der Waals surface area contributed by atoms with Gasteiger partial charge in [0, 0.05) is 28.4 Å². The number of carbonyl (C=O) groups is 1. The number of alkyl carbamates (subject to hydrolysis) is 1. The Morgan fingerprint density at radius 3 is 2.27 bits per heavy atom. The van der Waals surface area contributed by atoms with Gasteiger partial charge in [-0.05, 0) is 6.92 Å². The standard InChI is InChI=1S/C17H31NO10.C2H6/c1-8-13(24-5)15(11(19)9(26-8)6-22-3)27-16-12(20)14(28-17(21)18-2)10(23-4)7-25-16;1-2/h8-16,19-20H,6-7H2,1-5H3,(H,18,21);1-2H3. The molecule has 30 heavy (non-hydrogen) atoms. The first kappa shape index (κ1) is 27.0. The maximum atomic E-state index is 11.6. The fraction of sp³-hybridized carbons (Fsp3) is 0.947. The normalized spacial score (nSPS) is 38.9. The molecule has 9 atom stereocenters. The first-order chi connectivity index (χ1) is 14.4. The quantitative estimate of drug-likeness (QED) is 0.484. The molecule has 11 nitrogen and oxygen atoms in total. The SMILES string of the molecule is CC.CNC(=O)OC1C(OC)COC(OC2C(O)C(COC)OC(C)C2OC)C1O. The fourth-order valence-corrected chi connectivity index (χ4v) is 3.46. The Hall–Kier alpha value is -1.05. The molecule has 0 bridgehead atoms. The number of hydrogen-bond donors (Lipinski definition) is 3. The molecule has 0 aromatic carbocycles. The highest BCUT2D eigenvalue weighted by Crippen LogP contribution is 2.30. The number of ether oxygens (including phenoxy) is 7. The number of amides is 1. The van der Waals surface area contributed by atoms with Gasteiger partial charge >= 0.3 is 6.09 Å². The summed E-state index contributed by atoms with van der Waals surface area (Å²) >= 11 is 0. The van der Waals surface area contributed by atoms with E-state index in [1.54, 1.807) is 6.92 Å². The van der Waals surface area contributed by atoms with E-state index in [0.717, 1.165) is 0 Å². The first-order valence-electron chi connectivity index (χ1n) is 10.1. The predicted molar refractivity (Wildman–Crippen MR) is 105 cm³/mol. The van der Waals surface area contributed by atoms with Crippen molar-refractivity contribution in [2.45, 2.75) is 75.9 Å². The van der Waals surface area contributed by atoms with Crippen molar-refractivity contribution in [1.29, 1.82) is 0 Å². The number of rotatable bonds is 7. The average molecular weight is 440 g/mol. The molecule has 0 aliphatic carbocycles. The molecule has 0 spiro atoms. The third kappa shape index (κ3) is 6.47. The number of hydrogen-bond acceptors (Lipinski definition) is 10. The maximum absolute atomic E-state index is 11.6. The van der Waals surface area contributed by atoms with Crippen molar-refractivity contribution < 1.29 is 48.2 Å². The van der Waals surface area contributed by atoms with Crippen LogP contribution >= 0.6 is 0 Å². The van der Waals surface area contributed by atoms with E-state index in [0.29, 0.717) is 0 Å². The Kier molecular flexibility index (Phi) is 12.0. The summed E-state index contributed by atoms with van der Waals surface area (Å²) in [5.74, 6) is 0. The summed E-state index contributed by atoms with van der Waals surface area (Å²) in [5.41, 5.74) is 0. The van der Waals surface area contributed by atoms with E-state index in [9.17, 15) is 15.0 Å². The molecule has 178 valence electrons. The van der Waals surface area contributed by atoms with Crippen molar-refractivity contribution in [3.63, 3.8) is 0 Å². The maximum Gasteiger partial charge on any atom is 0.407 e. The molecule has 0 aromatic rings. The molecule has 2 heterocycles. The molecule has 11 heteroatoms. The van der Waals surface area contributed by atoms with Gasteiger partial charge in [0.15, 0.2) is 12.4 Å². The molecular formula is C19H37NO10. The topological polar surface area (TPSA) is 134 Å². The lowest BCUT2D eigenvalue weighted by atomic mass is 9.95. The van der Waals surface area contributed by atoms with Gasteiger partial charge in [0.05, 0.1) is 19.3 Å². The lowest BCUT2D eigenvalue weighted by Crippen LogP contribution is -2.63. The minimum atomic E-state index is -1.35. The van der Waals surface area contributed by atoms with E-state index in [2.05, 4.69) is 5.32 Å². The Labute approximate surface area is 177 Å². The summed E-state index contributed by atoms with van der Waals surface area (Å²) in [7, 11) is 5.80. The molecule has 2 aliphatic heterocycles. The van der Waals surface area contributed by atoms with Crippen molar-refractivity contribution in [3.05, 3.63) is 0 Å². The lowest BCUT2D eigenvalue weighted by Gasteiger charge is -2.46. The summed E-state index contributed by atoms with van der Waals surface area (Å²) in [6.45, 7) is 5.97. The van der Waals surface area contributed by atoms with E-state index in [1.807, 2.05) is 13.8 Å². The highest BCUT2D eigenvalue weighted by atomic mass is 16.7. The number of aliphatic hydroxyl groups is 2. The number of carbonyl (C=O) groups excluding carboxylic acids is 1. The van der Waals surface area contributed by atoms with Gasteiger partial charge in [-0.15, -0.1) is 0 Å². The fourth-order valence-electron chi connectivity index (χ4n) is 3.46. The molecule has 0 saturated carbocycles. The van der Waals surface area contributed by atoms with Crippen LogP contribution in [0.1, 0.15) is 20.8 Å². The van der Waals surface area contributed by atoms with Crippen LogP contribution in [-0.4, -0.2) is 113 Å². The molecule has 0 radical (unpaired) electrons. The van der Waals surface area contributed by atoms with Crippen LogP contribution in [0.4, 0.5) is 4.79 Å². The Balaban J connectivity index is 0.00000218. The third-order valence-corrected chi connectivity index (χ3v) is 4.94. The molecule has 0 aromatic heterocycles. The van der Waals surface area contributed by atoms with Crippen molar-refractivity contribution in [3.8, 4) is 0 Å². The second-order valence-corrected chi connectivity index (χ2v) is 6.71. The zero-order valence-electron chi connectivity index (χ0n) is 18.8. The zero-order chi connectivity index (χ0) is 22.8. The van der Waals surface area contributed by atoms with Crippen LogP contribution < -0.4 is 5.32 Å². The summed E-state index contributed by atoms with van der Waals surface area (Å²) in [5, 5.41) is 23.7. The Morgan fingerprint density at radius 1 is 1.07 bits per heavy atom. The van der Waals surface area contributed by atoms with E-state index >= 15 is 0 Å². The van der Waals surface area contributed by atoms with Crippen LogP contribution in [0.25, 0.3) is 0 Å². The smallest absolute Gasteiger partial charge is 0.407 e. The average Bonchev–Trinajstić information content (AvgIpc) is 2.75. The highest BCUT2D eigenvalue weighted by molar-refractivity contribution is 5.67. The van der Waals surface area contributed by atoms with Gasteiger partial charge in [-0.2, -0.15) is 0 Å². The van der Waals surface area contributed by atoms with Crippen LogP contribution in [0.15, 0.2) is 0 Å². The second kappa shape index (κ2) is 13.4. The summed E-state index contributed by atoms with van der Waals surface area (Å²) in [6.07, 6.45) is -8.54. The second-order valence-electron chi connectivity index (χ2n) is 6.71.